The van der Waals surface area contributed by atoms with Crippen LogP contribution >= 0.6 is 46.7 Å². The van der Waals surface area contributed by atoms with E-state index in [9.17, 15) is 9.59 Å². The Bertz CT molecular complexity index is 779. The number of carbonyl (C=O) groups excluding carboxylic acids is 1. The zero-order chi connectivity index (χ0) is 18.2. The number of amides is 1. The first-order valence-corrected chi connectivity index (χ1v) is 10.4. The lowest BCUT2D eigenvalue weighted by atomic mass is 10.3. The first kappa shape index (κ1) is 20.2. The summed E-state index contributed by atoms with van der Waals surface area (Å²) in [4.78, 5) is 30.8. The van der Waals surface area contributed by atoms with E-state index >= 15 is 0 Å². The van der Waals surface area contributed by atoms with Gasteiger partial charge in [-0.2, -0.15) is 11.8 Å². The van der Waals surface area contributed by atoms with E-state index in [0.717, 1.165) is 12.2 Å². The molecule has 1 heterocycles. The van der Waals surface area contributed by atoms with Gasteiger partial charge in [0, 0.05) is 27.6 Å². The molecular weight excluding hydrogens is 401 g/mol. The number of hydrogen-bond acceptors (Lipinski definition) is 5. The molecule has 1 aromatic carbocycles. The molecule has 0 radical (unpaired) electrons. The van der Waals surface area contributed by atoms with E-state index in [1.54, 1.807) is 30.0 Å². The molecule has 0 unspecified atom stereocenters. The molecule has 0 bridgehead atoms. The van der Waals surface area contributed by atoms with Gasteiger partial charge in [0.2, 0.25) is 5.91 Å². The summed E-state index contributed by atoms with van der Waals surface area (Å²) in [7, 11) is 0. The molecule has 9 heteroatoms. The van der Waals surface area contributed by atoms with Gasteiger partial charge in [0.15, 0.2) is 5.16 Å². The number of nitrogens with one attached hydrogen (secondary N) is 2. The van der Waals surface area contributed by atoms with Gasteiger partial charge >= 0.3 is 0 Å². The number of aromatic nitrogens is 2. The molecule has 0 fully saturated rings. The molecule has 5 nitrogen and oxygen atoms in total. The largest absolute Gasteiger partial charge is 0.325 e. The number of nitrogens with zero attached hydrogens (tertiary/aromatic N) is 1. The molecule has 2 rings (SSSR count). The van der Waals surface area contributed by atoms with Gasteiger partial charge in [0.05, 0.1) is 11.4 Å². The van der Waals surface area contributed by atoms with Crippen molar-refractivity contribution >= 4 is 58.3 Å². The molecule has 0 atom stereocenters. The highest BCUT2D eigenvalue weighted by atomic mass is 35.5. The average molecular weight is 418 g/mol. The lowest BCUT2D eigenvalue weighted by molar-refractivity contribution is -0.113. The quantitative estimate of drug-likeness (QED) is 0.376. The molecule has 0 saturated heterocycles. The minimum absolute atomic E-state index is 0.110. The van der Waals surface area contributed by atoms with Gasteiger partial charge in [-0.1, -0.05) is 41.9 Å². The lowest BCUT2D eigenvalue weighted by Crippen LogP contribution is -2.15. The van der Waals surface area contributed by atoms with Crippen LogP contribution in [0.4, 0.5) is 5.69 Å². The average Bonchev–Trinajstić information content (AvgIpc) is 2.52. The monoisotopic (exact) mass is 417 g/mol. The first-order chi connectivity index (χ1) is 12.0. The second-order valence-electron chi connectivity index (χ2n) is 5.09. The van der Waals surface area contributed by atoms with E-state index < -0.39 is 0 Å². The van der Waals surface area contributed by atoms with Gasteiger partial charge in [0.25, 0.3) is 5.56 Å². The number of rotatable bonds is 8. The molecule has 2 N–H and O–H groups in total. The van der Waals surface area contributed by atoms with E-state index in [0.29, 0.717) is 32.3 Å². The molecular formula is C16H17Cl2N3O2S2. The van der Waals surface area contributed by atoms with Crippen molar-refractivity contribution in [1.29, 1.82) is 0 Å². The van der Waals surface area contributed by atoms with Crippen molar-refractivity contribution in [2.45, 2.75) is 24.3 Å². The number of halogens is 2. The van der Waals surface area contributed by atoms with Crippen LogP contribution in [0.2, 0.25) is 10.0 Å². The van der Waals surface area contributed by atoms with Gasteiger partial charge in [-0.05, 0) is 30.4 Å². The van der Waals surface area contributed by atoms with E-state index in [2.05, 4.69) is 22.2 Å². The SMILES string of the molecule is CCCSCc1cc(=O)[nH]c(SCC(=O)Nc2cc(Cl)cc(Cl)c2)n1. The van der Waals surface area contributed by atoms with Crippen molar-refractivity contribution in [3.8, 4) is 0 Å². The van der Waals surface area contributed by atoms with Crippen molar-refractivity contribution < 1.29 is 4.79 Å². The predicted octanol–water partition coefficient (Wildman–Crippen LogP) is 4.45. The van der Waals surface area contributed by atoms with Crippen molar-refractivity contribution in [2.24, 2.45) is 0 Å². The van der Waals surface area contributed by atoms with E-state index in [1.807, 2.05) is 0 Å². The third-order valence-corrected chi connectivity index (χ3v) is 5.36. The Labute approximate surface area is 164 Å². The van der Waals surface area contributed by atoms with Gasteiger partial charge in [-0.15, -0.1) is 0 Å². The number of carbonyl (C=O) groups is 1. The molecule has 0 spiro atoms. The van der Waals surface area contributed by atoms with Crippen LogP contribution < -0.4 is 10.9 Å². The highest BCUT2D eigenvalue weighted by Crippen LogP contribution is 2.23. The molecule has 25 heavy (non-hydrogen) atoms. The van der Waals surface area contributed by atoms with Crippen LogP contribution in [-0.2, 0) is 10.5 Å². The molecule has 0 aliphatic rings. The van der Waals surface area contributed by atoms with Crippen molar-refractivity contribution in [3.05, 3.63) is 50.4 Å². The number of aromatic amines is 1. The van der Waals surface area contributed by atoms with Gasteiger partial charge in [0.1, 0.15) is 0 Å². The summed E-state index contributed by atoms with van der Waals surface area (Å²) in [6.45, 7) is 2.10. The summed E-state index contributed by atoms with van der Waals surface area (Å²) in [6.07, 6.45) is 1.07. The summed E-state index contributed by atoms with van der Waals surface area (Å²) in [5.74, 6) is 1.57. The normalized spacial score (nSPS) is 10.7. The minimum atomic E-state index is -0.239. The predicted molar refractivity (Wildman–Crippen MR) is 107 cm³/mol. The molecule has 0 aliphatic heterocycles. The van der Waals surface area contributed by atoms with Crippen LogP contribution in [0.3, 0.4) is 0 Å². The van der Waals surface area contributed by atoms with Crippen LogP contribution in [0.1, 0.15) is 19.0 Å². The number of thioether (sulfide) groups is 2. The fourth-order valence-corrected chi connectivity index (χ4v) is 3.91. The van der Waals surface area contributed by atoms with Gasteiger partial charge < -0.3 is 10.3 Å². The maximum atomic E-state index is 12.0. The van der Waals surface area contributed by atoms with E-state index in [4.69, 9.17) is 23.2 Å². The third-order valence-electron chi connectivity index (χ3n) is 2.86. The molecule has 0 aliphatic carbocycles. The maximum Gasteiger partial charge on any atom is 0.251 e. The third kappa shape index (κ3) is 7.32. The number of benzene rings is 1. The molecule has 1 amide bonds. The van der Waals surface area contributed by atoms with Crippen LogP contribution in [0, 0.1) is 0 Å². The number of H-pyrrole nitrogens is 1. The summed E-state index contributed by atoms with van der Waals surface area (Å²) >= 11 is 14.7. The van der Waals surface area contributed by atoms with E-state index in [1.165, 1.54) is 17.8 Å². The zero-order valence-electron chi connectivity index (χ0n) is 13.5. The Morgan fingerprint density at radius 2 is 1.96 bits per heavy atom. The second kappa shape index (κ2) is 10.1. The zero-order valence-corrected chi connectivity index (χ0v) is 16.6. The Balaban J connectivity index is 1.93. The van der Waals surface area contributed by atoms with Crippen molar-refractivity contribution in [2.75, 3.05) is 16.8 Å². The molecule has 2 aromatic rings. The summed E-state index contributed by atoms with van der Waals surface area (Å²) in [6, 6.07) is 6.30. The maximum absolute atomic E-state index is 12.0. The van der Waals surface area contributed by atoms with E-state index in [-0.39, 0.29) is 17.2 Å². The van der Waals surface area contributed by atoms with Gasteiger partial charge in [-0.3, -0.25) is 9.59 Å². The Morgan fingerprint density at radius 1 is 1.24 bits per heavy atom. The molecule has 1 aromatic heterocycles. The van der Waals surface area contributed by atoms with Crippen LogP contribution in [0.25, 0.3) is 0 Å². The molecule has 0 saturated carbocycles. The Morgan fingerprint density at radius 3 is 2.64 bits per heavy atom. The highest BCUT2D eigenvalue weighted by Gasteiger charge is 2.08. The Hall–Kier alpha value is -1.15. The second-order valence-corrected chi connectivity index (χ2v) is 8.03. The Kier molecular flexibility index (Phi) is 8.15. The first-order valence-electron chi connectivity index (χ1n) is 7.53. The van der Waals surface area contributed by atoms with Crippen LogP contribution in [0.5, 0.6) is 0 Å². The minimum Gasteiger partial charge on any atom is -0.325 e. The lowest BCUT2D eigenvalue weighted by Gasteiger charge is -2.07. The highest BCUT2D eigenvalue weighted by molar-refractivity contribution is 7.99. The standard InChI is InChI=1S/C16H17Cl2N3O2S2/c1-2-3-24-8-13-7-14(22)21-16(20-13)25-9-15(23)19-12-5-10(17)4-11(18)6-12/h4-7H,2-3,8-9H2,1H3,(H,19,23)(H,20,21,22). The van der Waals surface area contributed by atoms with Crippen LogP contribution in [0.15, 0.2) is 34.2 Å². The number of anilines is 1. The fraction of sp³-hybridized carbons (Fsp3) is 0.312. The van der Waals surface area contributed by atoms with Crippen molar-refractivity contribution in [1.82, 2.24) is 9.97 Å². The van der Waals surface area contributed by atoms with Crippen LogP contribution in [-0.4, -0.2) is 27.4 Å². The molecule has 134 valence electrons. The topological polar surface area (TPSA) is 74.8 Å². The summed E-state index contributed by atoms with van der Waals surface area (Å²) < 4.78 is 0. The smallest absolute Gasteiger partial charge is 0.251 e. The number of hydrogen-bond donors (Lipinski definition) is 2. The van der Waals surface area contributed by atoms with Crippen molar-refractivity contribution in [3.63, 3.8) is 0 Å². The fourth-order valence-electron chi connectivity index (χ4n) is 1.90. The summed E-state index contributed by atoms with van der Waals surface area (Å²) in [5, 5.41) is 4.03. The summed E-state index contributed by atoms with van der Waals surface area (Å²) in [5.41, 5.74) is 1.02. The van der Waals surface area contributed by atoms with Gasteiger partial charge in [-0.25, -0.2) is 4.98 Å².